The summed E-state index contributed by atoms with van der Waals surface area (Å²) >= 11 is 1.50. The molecule has 202 valence electrons. The third kappa shape index (κ3) is 5.45. The number of carbonyl (C=O) groups is 2. The van der Waals surface area contributed by atoms with E-state index in [2.05, 4.69) is 4.98 Å². The lowest BCUT2D eigenvalue weighted by Crippen LogP contribution is -2.38. The number of para-hydroxylation sites is 1. The van der Waals surface area contributed by atoms with Crippen molar-refractivity contribution >= 4 is 34.8 Å². The van der Waals surface area contributed by atoms with Crippen molar-refractivity contribution in [2.45, 2.75) is 38.8 Å². The van der Waals surface area contributed by atoms with Crippen molar-refractivity contribution in [1.82, 2.24) is 9.88 Å². The minimum absolute atomic E-state index is 0.153. The molecule has 3 heterocycles. The van der Waals surface area contributed by atoms with Gasteiger partial charge < -0.3 is 15.3 Å². The van der Waals surface area contributed by atoms with Crippen LogP contribution in [0.2, 0.25) is 0 Å². The van der Waals surface area contributed by atoms with E-state index in [-0.39, 0.29) is 30.7 Å². The number of phenolic OH excluding ortho intramolecular Hbond substituents is 1. The Morgan fingerprint density at radius 3 is 2.62 bits per heavy atom. The summed E-state index contributed by atoms with van der Waals surface area (Å²) in [4.78, 5) is 33.4. The van der Waals surface area contributed by atoms with Gasteiger partial charge >= 0.3 is 0 Å². The van der Waals surface area contributed by atoms with E-state index in [0.29, 0.717) is 30.4 Å². The standard InChI is InChI=1S/C31H32N2O5S/c1-19-15-23-29(31(38)33(30(23)37)17-22-8-6-14-39-22)24(18-34)28(19)27(36)12-11-20(25-9-4-5-13-32-25)16-21-7-2-3-10-26(21)35/h2-10,13-14,16,23-24,27,29,34-36H,11-12,15,17-18H2,1H3/b20-16-/t23-,24+,27-,29-/m1/s1. The SMILES string of the molecule is CC1=C([C@H](O)CC/C(=C/c2ccccc2O)c2ccccn2)[C@H](CO)[C@@H]2C(=O)N(Cc3cccs3)C(=O)[C@@H]2C1. The normalized spacial score (nSPS) is 22.4. The zero-order valence-corrected chi connectivity index (χ0v) is 22.6. The molecular formula is C31H32N2O5S. The molecule has 2 aromatic heterocycles. The van der Waals surface area contributed by atoms with E-state index in [1.807, 2.05) is 60.8 Å². The van der Waals surface area contributed by atoms with Crippen LogP contribution in [0.4, 0.5) is 0 Å². The number of aromatic nitrogens is 1. The lowest BCUT2D eigenvalue weighted by atomic mass is 9.68. The lowest BCUT2D eigenvalue weighted by molar-refractivity contribution is -0.140. The van der Waals surface area contributed by atoms with Crippen LogP contribution in [0, 0.1) is 17.8 Å². The Labute approximate surface area is 231 Å². The zero-order chi connectivity index (χ0) is 27.5. The van der Waals surface area contributed by atoms with E-state index >= 15 is 0 Å². The highest BCUT2D eigenvalue weighted by atomic mass is 32.1. The van der Waals surface area contributed by atoms with E-state index in [4.69, 9.17) is 0 Å². The molecule has 5 rings (SSSR count). The minimum Gasteiger partial charge on any atom is -0.507 e. The van der Waals surface area contributed by atoms with E-state index in [9.17, 15) is 24.9 Å². The molecule has 1 aliphatic carbocycles. The van der Waals surface area contributed by atoms with Gasteiger partial charge in [0, 0.05) is 22.6 Å². The summed E-state index contributed by atoms with van der Waals surface area (Å²) in [6, 6.07) is 16.4. The van der Waals surface area contributed by atoms with Crippen LogP contribution in [0.3, 0.4) is 0 Å². The van der Waals surface area contributed by atoms with Crippen LogP contribution >= 0.6 is 11.3 Å². The summed E-state index contributed by atoms with van der Waals surface area (Å²) in [6.07, 6.45) is 3.83. The monoisotopic (exact) mass is 544 g/mol. The second kappa shape index (κ2) is 11.7. The molecule has 0 saturated carbocycles. The fourth-order valence-corrected chi connectivity index (χ4v) is 6.66. The Kier molecular flexibility index (Phi) is 8.07. The maximum absolute atomic E-state index is 13.5. The number of nitrogens with zero attached hydrogens (tertiary/aromatic N) is 2. The van der Waals surface area contributed by atoms with Gasteiger partial charge in [-0.3, -0.25) is 19.5 Å². The number of allylic oxidation sites excluding steroid dienone is 2. The Bertz CT molecular complexity index is 1400. The smallest absolute Gasteiger partial charge is 0.234 e. The first kappa shape index (κ1) is 27.0. The van der Waals surface area contributed by atoms with E-state index in [1.54, 1.807) is 18.3 Å². The first-order chi connectivity index (χ1) is 18.9. The number of amides is 2. The Morgan fingerprint density at radius 1 is 1.13 bits per heavy atom. The predicted octanol–water partition coefficient (Wildman–Crippen LogP) is 4.66. The number of imide groups is 1. The number of phenols is 1. The van der Waals surface area contributed by atoms with Gasteiger partial charge in [0.1, 0.15) is 5.75 Å². The molecule has 4 atom stereocenters. The summed E-state index contributed by atoms with van der Waals surface area (Å²) in [5.74, 6) is -2.14. The minimum atomic E-state index is -0.908. The topological polar surface area (TPSA) is 111 Å². The summed E-state index contributed by atoms with van der Waals surface area (Å²) in [7, 11) is 0. The van der Waals surface area contributed by atoms with Crippen LogP contribution in [0.5, 0.6) is 5.75 Å². The van der Waals surface area contributed by atoms with Crippen LogP contribution < -0.4 is 0 Å². The quantitative estimate of drug-likeness (QED) is 0.267. The number of pyridine rings is 1. The summed E-state index contributed by atoms with van der Waals surface area (Å²) in [5.41, 5.74) is 3.74. The first-order valence-corrected chi connectivity index (χ1v) is 14.0. The van der Waals surface area contributed by atoms with Gasteiger partial charge in [-0.05, 0) is 73.1 Å². The van der Waals surface area contributed by atoms with Crippen molar-refractivity contribution in [1.29, 1.82) is 0 Å². The number of likely N-dealkylation sites (tertiary alicyclic amines) is 1. The maximum Gasteiger partial charge on any atom is 0.234 e. The van der Waals surface area contributed by atoms with Crippen molar-refractivity contribution in [3.8, 4) is 5.75 Å². The van der Waals surface area contributed by atoms with Crippen LogP contribution in [-0.2, 0) is 16.1 Å². The number of thiophene rings is 1. The molecule has 0 bridgehead atoms. The van der Waals surface area contributed by atoms with E-state index < -0.39 is 23.9 Å². The van der Waals surface area contributed by atoms with E-state index in [1.165, 1.54) is 16.2 Å². The molecule has 3 N–H and O–H groups in total. The predicted molar refractivity (Wildman–Crippen MR) is 150 cm³/mol. The molecule has 7 nitrogen and oxygen atoms in total. The molecule has 1 aromatic carbocycles. The highest BCUT2D eigenvalue weighted by Gasteiger charge is 2.54. The lowest BCUT2D eigenvalue weighted by Gasteiger charge is -2.35. The molecule has 39 heavy (non-hydrogen) atoms. The number of carbonyl (C=O) groups excluding carboxylic acids is 2. The molecule has 2 aliphatic rings. The number of aliphatic hydroxyl groups is 2. The molecular weight excluding hydrogens is 512 g/mol. The van der Waals surface area contributed by atoms with Crippen LogP contribution in [0.1, 0.15) is 42.3 Å². The molecule has 1 saturated heterocycles. The molecule has 0 unspecified atom stereocenters. The van der Waals surface area contributed by atoms with Crippen LogP contribution in [0.15, 0.2) is 77.3 Å². The van der Waals surface area contributed by atoms with E-state index in [0.717, 1.165) is 21.7 Å². The summed E-state index contributed by atoms with van der Waals surface area (Å²) < 4.78 is 0. The number of fused-ring (bicyclic) bond motifs is 1. The van der Waals surface area contributed by atoms with Gasteiger partial charge in [0.15, 0.2) is 0 Å². The van der Waals surface area contributed by atoms with Gasteiger partial charge in [-0.25, -0.2) is 0 Å². The number of hydrogen-bond donors (Lipinski definition) is 3. The highest BCUT2D eigenvalue weighted by Crippen LogP contribution is 2.46. The van der Waals surface area contributed by atoms with Crippen molar-refractivity contribution < 1.29 is 24.9 Å². The van der Waals surface area contributed by atoms with Gasteiger partial charge in [-0.1, -0.05) is 35.9 Å². The van der Waals surface area contributed by atoms with Gasteiger partial charge in [-0.15, -0.1) is 11.3 Å². The van der Waals surface area contributed by atoms with Crippen molar-refractivity contribution in [3.63, 3.8) is 0 Å². The van der Waals surface area contributed by atoms with Crippen molar-refractivity contribution in [2.24, 2.45) is 17.8 Å². The second-order valence-electron chi connectivity index (χ2n) is 10.2. The first-order valence-electron chi connectivity index (χ1n) is 13.1. The molecule has 0 spiro atoms. The Morgan fingerprint density at radius 2 is 1.92 bits per heavy atom. The number of benzene rings is 1. The van der Waals surface area contributed by atoms with Gasteiger partial charge in [0.05, 0.1) is 36.8 Å². The van der Waals surface area contributed by atoms with Gasteiger partial charge in [0.2, 0.25) is 11.8 Å². The molecule has 3 aromatic rings. The average molecular weight is 545 g/mol. The third-order valence-corrected chi connectivity index (χ3v) is 8.68. The largest absolute Gasteiger partial charge is 0.507 e. The van der Waals surface area contributed by atoms with Gasteiger partial charge in [-0.2, -0.15) is 0 Å². The van der Waals surface area contributed by atoms with Gasteiger partial charge in [0.25, 0.3) is 0 Å². The van der Waals surface area contributed by atoms with Crippen molar-refractivity contribution in [3.05, 3.63) is 93.5 Å². The Hall–Kier alpha value is -3.59. The summed E-state index contributed by atoms with van der Waals surface area (Å²) in [5, 5.41) is 34.1. The molecule has 1 fully saturated rings. The molecule has 2 amide bonds. The number of aliphatic hydroxyl groups excluding tert-OH is 2. The number of aromatic hydroxyl groups is 1. The summed E-state index contributed by atoms with van der Waals surface area (Å²) in [6.45, 7) is 1.80. The fraction of sp³-hybridized carbons (Fsp3) is 0.323. The molecule has 0 radical (unpaired) electrons. The molecule has 1 aliphatic heterocycles. The van der Waals surface area contributed by atoms with Crippen molar-refractivity contribution in [2.75, 3.05) is 6.61 Å². The number of rotatable bonds is 9. The zero-order valence-electron chi connectivity index (χ0n) is 21.7. The number of hydrogen-bond acceptors (Lipinski definition) is 7. The fourth-order valence-electron chi connectivity index (χ4n) is 5.97. The Balaban J connectivity index is 1.38. The third-order valence-electron chi connectivity index (χ3n) is 7.82. The average Bonchev–Trinajstić information content (AvgIpc) is 3.54. The van der Waals surface area contributed by atoms with Crippen LogP contribution in [0.25, 0.3) is 11.6 Å². The highest BCUT2D eigenvalue weighted by molar-refractivity contribution is 7.09. The second-order valence-corrected chi connectivity index (χ2v) is 11.2. The molecule has 8 heteroatoms. The maximum atomic E-state index is 13.5. The van der Waals surface area contributed by atoms with Crippen LogP contribution in [-0.4, -0.2) is 49.7 Å².